The van der Waals surface area contributed by atoms with Gasteiger partial charge in [-0.2, -0.15) is 0 Å². The van der Waals surface area contributed by atoms with Gasteiger partial charge in [0.15, 0.2) is 0 Å². The molecule has 0 bridgehead atoms. The minimum atomic E-state index is -0.234. The fourth-order valence-corrected chi connectivity index (χ4v) is 2.59. The first-order valence-electron chi connectivity index (χ1n) is 7.31. The monoisotopic (exact) mass is 302 g/mol. The lowest BCUT2D eigenvalue weighted by atomic mass is 10.2. The summed E-state index contributed by atoms with van der Waals surface area (Å²) in [5.74, 6) is -0.234. The lowest BCUT2D eigenvalue weighted by Gasteiger charge is -2.06. The van der Waals surface area contributed by atoms with Crippen molar-refractivity contribution in [3.05, 3.63) is 72.3 Å². The van der Waals surface area contributed by atoms with Crippen LogP contribution in [0.4, 0.5) is 5.69 Å². The molecule has 3 heterocycles. The lowest BCUT2D eigenvalue weighted by Crippen LogP contribution is -2.12. The highest BCUT2D eigenvalue weighted by Gasteiger charge is 2.12. The standard InChI is InChI=1S/C18H14N4O/c1-12-7-9-22-11-16(20-17(22)10-12)18(23)21-15-6-2-5-14-13(15)4-3-8-19-14/h2-11H,1H3,(H,21,23). The van der Waals surface area contributed by atoms with Crippen LogP contribution >= 0.6 is 0 Å². The molecule has 0 unspecified atom stereocenters. The van der Waals surface area contributed by atoms with Crippen LogP contribution in [0.3, 0.4) is 0 Å². The number of nitrogens with zero attached hydrogens (tertiary/aromatic N) is 3. The Balaban J connectivity index is 1.70. The number of amides is 1. The molecule has 1 aromatic carbocycles. The maximum Gasteiger partial charge on any atom is 0.275 e. The summed E-state index contributed by atoms with van der Waals surface area (Å²) in [5, 5.41) is 3.83. The molecule has 3 aromatic heterocycles. The maximum absolute atomic E-state index is 12.5. The van der Waals surface area contributed by atoms with E-state index < -0.39 is 0 Å². The summed E-state index contributed by atoms with van der Waals surface area (Å²) in [6, 6.07) is 13.4. The van der Waals surface area contributed by atoms with Crippen molar-refractivity contribution in [1.82, 2.24) is 14.4 Å². The fourth-order valence-electron chi connectivity index (χ4n) is 2.59. The highest BCUT2D eigenvalue weighted by atomic mass is 16.1. The number of rotatable bonds is 2. The Kier molecular flexibility index (Phi) is 3.05. The third-order valence-corrected chi connectivity index (χ3v) is 3.74. The number of fused-ring (bicyclic) bond motifs is 2. The molecule has 0 radical (unpaired) electrons. The number of carbonyl (C=O) groups is 1. The zero-order chi connectivity index (χ0) is 15.8. The first-order valence-corrected chi connectivity index (χ1v) is 7.31. The fraction of sp³-hybridized carbons (Fsp3) is 0.0556. The number of hydrogen-bond donors (Lipinski definition) is 1. The summed E-state index contributed by atoms with van der Waals surface area (Å²) in [6.45, 7) is 2.00. The predicted octanol–water partition coefficient (Wildman–Crippen LogP) is 3.44. The van der Waals surface area contributed by atoms with Gasteiger partial charge in [-0.1, -0.05) is 6.07 Å². The SMILES string of the molecule is Cc1ccn2cc(C(=O)Nc3cccc4ncccc34)nc2c1. The van der Waals surface area contributed by atoms with Crippen molar-refractivity contribution in [1.29, 1.82) is 0 Å². The van der Waals surface area contributed by atoms with Gasteiger partial charge in [-0.25, -0.2) is 4.98 Å². The molecule has 5 nitrogen and oxygen atoms in total. The Labute approximate surface area is 132 Å². The van der Waals surface area contributed by atoms with E-state index in [2.05, 4.69) is 15.3 Å². The highest BCUT2D eigenvalue weighted by molar-refractivity contribution is 6.07. The first kappa shape index (κ1) is 13.5. The Morgan fingerprint density at radius 1 is 1.17 bits per heavy atom. The number of nitrogens with one attached hydrogen (secondary N) is 1. The van der Waals surface area contributed by atoms with Crippen molar-refractivity contribution in [3.63, 3.8) is 0 Å². The van der Waals surface area contributed by atoms with Crippen LogP contribution in [-0.4, -0.2) is 20.3 Å². The minimum Gasteiger partial charge on any atom is -0.320 e. The zero-order valence-corrected chi connectivity index (χ0v) is 12.5. The molecule has 0 aliphatic heterocycles. The number of benzene rings is 1. The molecule has 0 atom stereocenters. The molecule has 0 aliphatic rings. The molecule has 1 amide bonds. The number of imidazole rings is 1. The van der Waals surface area contributed by atoms with E-state index in [0.717, 1.165) is 27.8 Å². The van der Waals surface area contributed by atoms with Gasteiger partial charge in [0.05, 0.1) is 11.2 Å². The third-order valence-electron chi connectivity index (χ3n) is 3.74. The van der Waals surface area contributed by atoms with Gasteiger partial charge in [-0.3, -0.25) is 9.78 Å². The molecule has 4 aromatic rings. The number of hydrogen-bond acceptors (Lipinski definition) is 3. The molecular weight excluding hydrogens is 288 g/mol. The highest BCUT2D eigenvalue weighted by Crippen LogP contribution is 2.22. The van der Waals surface area contributed by atoms with Gasteiger partial charge in [-0.05, 0) is 48.9 Å². The van der Waals surface area contributed by atoms with Crippen LogP contribution in [0.5, 0.6) is 0 Å². The van der Waals surface area contributed by atoms with Crippen molar-refractivity contribution in [2.75, 3.05) is 5.32 Å². The van der Waals surface area contributed by atoms with Crippen LogP contribution in [0.15, 0.2) is 61.1 Å². The molecule has 112 valence electrons. The second-order valence-corrected chi connectivity index (χ2v) is 5.43. The van der Waals surface area contributed by atoms with Gasteiger partial charge in [0, 0.05) is 24.0 Å². The van der Waals surface area contributed by atoms with E-state index in [0.29, 0.717) is 5.69 Å². The Hall–Kier alpha value is -3.21. The second kappa shape index (κ2) is 5.21. The van der Waals surface area contributed by atoms with Crippen molar-refractivity contribution < 1.29 is 4.79 Å². The van der Waals surface area contributed by atoms with Gasteiger partial charge in [0.1, 0.15) is 11.3 Å². The van der Waals surface area contributed by atoms with Crippen LogP contribution in [0.2, 0.25) is 0 Å². The molecule has 5 heteroatoms. The van der Waals surface area contributed by atoms with Crippen molar-refractivity contribution in [3.8, 4) is 0 Å². The van der Waals surface area contributed by atoms with E-state index >= 15 is 0 Å². The van der Waals surface area contributed by atoms with E-state index in [1.165, 1.54) is 0 Å². The summed E-state index contributed by atoms with van der Waals surface area (Å²) in [6.07, 6.45) is 5.36. The average Bonchev–Trinajstić information content (AvgIpc) is 2.98. The number of aryl methyl sites for hydroxylation is 1. The molecule has 4 rings (SSSR count). The Morgan fingerprint density at radius 3 is 3.00 bits per heavy atom. The Bertz CT molecular complexity index is 1030. The number of anilines is 1. The molecule has 0 fully saturated rings. The van der Waals surface area contributed by atoms with Gasteiger partial charge < -0.3 is 9.72 Å². The average molecular weight is 302 g/mol. The predicted molar refractivity (Wildman–Crippen MR) is 89.6 cm³/mol. The zero-order valence-electron chi connectivity index (χ0n) is 12.5. The van der Waals surface area contributed by atoms with Crippen LogP contribution in [0, 0.1) is 6.92 Å². The van der Waals surface area contributed by atoms with Gasteiger partial charge in [-0.15, -0.1) is 0 Å². The van der Waals surface area contributed by atoms with Gasteiger partial charge >= 0.3 is 0 Å². The molecule has 1 N–H and O–H groups in total. The summed E-state index contributed by atoms with van der Waals surface area (Å²) in [7, 11) is 0. The Morgan fingerprint density at radius 2 is 2.09 bits per heavy atom. The van der Waals surface area contributed by atoms with Crippen molar-refractivity contribution >= 4 is 28.1 Å². The van der Waals surface area contributed by atoms with E-state index in [4.69, 9.17) is 0 Å². The third kappa shape index (κ3) is 2.42. The number of pyridine rings is 2. The number of carbonyl (C=O) groups excluding carboxylic acids is 1. The topological polar surface area (TPSA) is 59.3 Å². The summed E-state index contributed by atoms with van der Waals surface area (Å²) in [5.41, 5.74) is 3.83. The molecule has 0 spiro atoms. The van der Waals surface area contributed by atoms with Crippen LogP contribution in [-0.2, 0) is 0 Å². The molecule has 0 aliphatic carbocycles. The normalized spacial score (nSPS) is 11.0. The van der Waals surface area contributed by atoms with E-state index in [1.54, 1.807) is 12.4 Å². The lowest BCUT2D eigenvalue weighted by molar-refractivity contribution is 0.102. The first-order chi connectivity index (χ1) is 11.2. The molecule has 0 saturated heterocycles. The van der Waals surface area contributed by atoms with Crippen LogP contribution in [0.1, 0.15) is 16.1 Å². The molecular formula is C18H14N4O. The quantitative estimate of drug-likeness (QED) is 0.617. The van der Waals surface area contributed by atoms with Crippen LogP contribution < -0.4 is 5.32 Å². The summed E-state index contributed by atoms with van der Waals surface area (Å²) >= 11 is 0. The van der Waals surface area contributed by atoms with Gasteiger partial charge in [0.2, 0.25) is 0 Å². The van der Waals surface area contributed by atoms with E-state index in [-0.39, 0.29) is 5.91 Å². The maximum atomic E-state index is 12.5. The largest absolute Gasteiger partial charge is 0.320 e. The van der Waals surface area contributed by atoms with E-state index in [9.17, 15) is 4.79 Å². The van der Waals surface area contributed by atoms with Crippen molar-refractivity contribution in [2.45, 2.75) is 6.92 Å². The summed E-state index contributed by atoms with van der Waals surface area (Å²) in [4.78, 5) is 21.2. The smallest absolute Gasteiger partial charge is 0.275 e. The second-order valence-electron chi connectivity index (χ2n) is 5.43. The van der Waals surface area contributed by atoms with Crippen LogP contribution in [0.25, 0.3) is 16.6 Å². The summed E-state index contributed by atoms with van der Waals surface area (Å²) < 4.78 is 1.84. The van der Waals surface area contributed by atoms with Gasteiger partial charge in [0.25, 0.3) is 5.91 Å². The number of aromatic nitrogens is 3. The molecule has 0 saturated carbocycles. The van der Waals surface area contributed by atoms with E-state index in [1.807, 2.05) is 60.0 Å². The minimum absolute atomic E-state index is 0.234. The van der Waals surface area contributed by atoms with Crippen molar-refractivity contribution in [2.24, 2.45) is 0 Å². The molecule has 23 heavy (non-hydrogen) atoms.